The molecule has 0 spiro atoms. The summed E-state index contributed by atoms with van der Waals surface area (Å²) in [5.41, 5.74) is 1.32. The van der Waals surface area contributed by atoms with Gasteiger partial charge in [0.1, 0.15) is 0 Å². The fourth-order valence-electron chi connectivity index (χ4n) is 2.03. The Morgan fingerprint density at radius 2 is 1.59 bits per heavy atom. The quantitative estimate of drug-likeness (QED) is 0.742. The van der Waals surface area contributed by atoms with E-state index in [2.05, 4.69) is 0 Å². The van der Waals surface area contributed by atoms with Gasteiger partial charge in [-0.1, -0.05) is 30.3 Å². The van der Waals surface area contributed by atoms with Gasteiger partial charge in [0.2, 0.25) is 5.78 Å². The summed E-state index contributed by atoms with van der Waals surface area (Å²) >= 11 is 0. The molecule has 1 aromatic rings. The third-order valence-corrected chi connectivity index (χ3v) is 2.89. The van der Waals surface area contributed by atoms with Crippen LogP contribution < -0.4 is 0 Å². The molecule has 0 aromatic heterocycles. The first-order valence-electron chi connectivity index (χ1n) is 5.20. The van der Waals surface area contributed by atoms with Crippen LogP contribution in [0.1, 0.15) is 5.56 Å². The molecule has 1 aliphatic rings. The van der Waals surface area contributed by atoms with Crippen LogP contribution in [0.25, 0.3) is 5.57 Å². The monoisotopic (exact) mass is 234 g/mol. The molecule has 0 N–H and O–H groups in total. The lowest BCUT2D eigenvalue weighted by Gasteiger charge is -2.39. The molecular formula is C13H14O4. The van der Waals surface area contributed by atoms with E-state index in [1.54, 1.807) is 0 Å². The predicted octanol–water partition coefficient (Wildman–Crippen LogP) is 1.62. The first kappa shape index (κ1) is 11.8. The van der Waals surface area contributed by atoms with Crippen molar-refractivity contribution in [2.75, 3.05) is 21.3 Å². The minimum absolute atomic E-state index is 0.217. The minimum Gasteiger partial charge on any atom is -0.494 e. The molecule has 0 fully saturated rings. The maximum absolute atomic E-state index is 12.1. The van der Waals surface area contributed by atoms with Crippen LogP contribution in [0.2, 0.25) is 0 Å². The lowest BCUT2D eigenvalue weighted by molar-refractivity contribution is -0.206. The Balaban J connectivity index is 2.51. The highest BCUT2D eigenvalue weighted by Crippen LogP contribution is 2.43. The number of hydrogen-bond donors (Lipinski definition) is 0. The Hall–Kier alpha value is -1.65. The average molecular weight is 234 g/mol. The van der Waals surface area contributed by atoms with Crippen LogP contribution >= 0.6 is 0 Å². The maximum atomic E-state index is 12.1. The van der Waals surface area contributed by atoms with Gasteiger partial charge < -0.3 is 14.2 Å². The molecule has 0 radical (unpaired) electrons. The minimum atomic E-state index is -1.38. The lowest BCUT2D eigenvalue weighted by atomic mass is 9.82. The molecular weight excluding hydrogens is 220 g/mol. The highest BCUT2D eigenvalue weighted by Gasteiger charge is 2.57. The summed E-state index contributed by atoms with van der Waals surface area (Å²) in [6.07, 6.45) is 0. The van der Waals surface area contributed by atoms with Gasteiger partial charge in [-0.25, -0.2) is 0 Å². The van der Waals surface area contributed by atoms with E-state index < -0.39 is 5.79 Å². The number of rotatable bonds is 4. The Kier molecular flexibility index (Phi) is 3.00. The first-order chi connectivity index (χ1) is 8.21. The maximum Gasteiger partial charge on any atom is 0.294 e. The molecule has 4 nitrogen and oxygen atoms in total. The number of hydrogen-bond acceptors (Lipinski definition) is 4. The smallest absolute Gasteiger partial charge is 0.294 e. The van der Waals surface area contributed by atoms with Gasteiger partial charge in [0.25, 0.3) is 5.79 Å². The summed E-state index contributed by atoms with van der Waals surface area (Å²) in [4.78, 5) is 12.1. The van der Waals surface area contributed by atoms with Gasteiger partial charge in [-0.15, -0.1) is 0 Å². The van der Waals surface area contributed by atoms with Gasteiger partial charge in [0.05, 0.1) is 12.7 Å². The van der Waals surface area contributed by atoms with Gasteiger partial charge >= 0.3 is 0 Å². The van der Waals surface area contributed by atoms with Gasteiger partial charge in [-0.2, -0.15) is 0 Å². The highest BCUT2D eigenvalue weighted by atomic mass is 16.7. The second-order valence-electron chi connectivity index (χ2n) is 3.63. The second-order valence-corrected chi connectivity index (χ2v) is 3.63. The van der Waals surface area contributed by atoms with Crippen molar-refractivity contribution in [2.24, 2.45) is 0 Å². The summed E-state index contributed by atoms with van der Waals surface area (Å²) in [5.74, 6) is -1.18. The number of ketones is 1. The van der Waals surface area contributed by atoms with E-state index in [-0.39, 0.29) is 5.78 Å². The fraction of sp³-hybridized carbons (Fsp3) is 0.308. The predicted molar refractivity (Wildman–Crippen MR) is 62.1 cm³/mol. The van der Waals surface area contributed by atoms with E-state index in [4.69, 9.17) is 14.2 Å². The average Bonchev–Trinajstić information content (AvgIpc) is 2.38. The number of carbonyl (C=O) groups is 1. The molecule has 1 aliphatic carbocycles. The van der Waals surface area contributed by atoms with E-state index in [1.807, 2.05) is 30.3 Å². The molecule has 0 bridgehead atoms. The number of carbonyl (C=O) groups excluding carboxylic acids is 1. The largest absolute Gasteiger partial charge is 0.494 e. The first-order valence-corrected chi connectivity index (χ1v) is 5.20. The molecule has 1 aromatic carbocycles. The van der Waals surface area contributed by atoms with Gasteiger partial charge in [-0.3, -0.25) is 4.79 Å². The molecule has 90 valence electrons. The van der Waals surface area contributed by atoms with E-state index in [0.717, 1.165) is 5.56 Å². The molecule has 0 aliphatic heterocycles. The van der Waals surface area contributed by atoms with Gasteiger partial charge in [0.15, 0.2) is 5.76 Å². The van der Waals surface area contributed by atoms with E-state index in [9.17, 15) is 4.79 Å². The van der Waals surface area contributed by atoms with Crippen LogP contribution in [0.5, 0.6) is 0 Å². The Bertz CT molecular complexity index is 458. The fourth-order valence-corrected chi connectivity index (χ4v) is 2.03. The Morgan fingerprint density at radius 1 is 1.00 bits per heavy atom. The zero-order valence-electron chi connectivity index (χ0n) is 10.0. The van der Waals surface area contributed by atoms with E-state index in [1.165, 1.54) is 21.3 Å². The number of methoxy groups -OCH3 is 3. The van der Waals surface area contributed by atoms with Crippen molar-refractivity contribution in [3.05, 3.63) is 41.7 Å². The highest BCUT2D eigenvalue weighted by molar-refractivity contribution is 6.33. The normalized spacial score (nSPS) is 17.9. The van der Waals surface area contributed by atoms with Crippen molar-refractivity contribution < 1.29 is 19.0 Å². The van der Waals surface area contributed by atoms with Crippen molar-refractivity contribution in [1.82, 2.24) is 0 Å². The lowest BCUT2D eigenvalue weighted by Crippen LogP contribution is -2.53. The molecule has 0 unspecified atom stereocenters. The number of Topliss-reactive ketones (excluding diaryl/α,β-unsaturated/α-hetero) is 1. The molecule has 17 heavy (non-hydrogen) atoms. The van der Waals surface area contributed by atoms with E-state index >= 15 is 0 Å². The molecule has 0 saturated heterocycles. The third kappa shape index (κ3) is 1.49. The molecule has 0 amide bonds. The molecule has 2 rings (SSSR count). The Labute approximate surface area is 99.8 Å². The Morgan fingerprint density at radius 3 is 2.06 bits per heavy atom. The van der Waals surface area contributed by atoms with Crippen molar-refractivity contribution in [3.8, 4) is 0 Å². The summed E-state index contributed by atoms with van der Waals surface area (Å²) in [6, 6.07) is 9.31. The van der Waals surface area contributed by atoms with Crippen molar-refractivity contribution in [2.45, 2.75) is 5.79 Å². The van der Waals surface area contributed by atoms with Crippen molar-refractivity contribution in [1.29, 1.82) is 0 Å². The van der Waals surface area contributed by atoms with Crippen molar-refractivity contribution >= 4 is 11.4 Å². The second kappa shape index (κ2) is 4.31. The van der Waals surface area contributed by atoms with Crippen LogP contribution in [0.3, 0.4) is 0 Å². The van der Waals surface area contributed by atoms with Crippen LogP contribution in [0.15, 0.2) is 36.1 Å². The summed E-state index contributed by atoms with van der Waals surface area (Å²) in [7, 11) is 4.34. The van der Waals surface area contributed by atoms with Gasteiger partial charge in [-0.05, 0) is 5.56 Å². The molecule has 0 heterocycles. The SMILES string of the molecule is COC1=C(c2ccccc2)C(=O)C1(OC)OC. The summed E-state index contributed by atoms with van der Waals surface area (Å²) in [6.45, 7) is 0. The third-order valence-electron chi connectivity index (χ3n) is 2.89. The molecule has 0 saturated carbocycles. The van der Waals surface area contributed by atoms with Crippen LogP contribution in [0.4, 0.5) is 0 Å². The topological polar surface area (TPSA) is 44.8 Å². The standard InChI is InChI=1S/C13H14O4/c1-15-12-10(9-7-5-4-6-8-9)11(14)13(12,16-2)17-3/h4-8H,1-3H3. The summed E-state index contributed by atoms with van der Waals surface area (Å²) in [5, 5.41) is 0. The summed E-state index contributed by atoms with van der Waals surface area (Å²) < 4.78 is 15.5. The number of benzene rings is 1. The zero-order valence-corrected chi connectivity index (χ0v) is 10.0. The van der Waals surface area contributed by atoms with Crippen LogP contribution in [-0.4, -0.2) is 32.9 Å². The number of ether oxygens (including phenoxy) is 3. The molecule has 0 atom stereocenters. The van der Waals surface area contributed by atoms with Gasteiger partial charge in [0, 0.05) is 14.2 Å². The molecule has 4 heteroatoms. The van der Waals surface area contributed by atoms with Crippen molar-refractivity contribution in [3.63, 3.8) is 0 Å². The van der Waals surface area contributed by atoms with E-state index in [0.29, 0.717) is 11.3 Å². The van der Waals surface area contributed by atoms with Crippen LogP contribution in [0, 0.1) is 0 Å². The van der Waals surface area contributed by atoms with Crippen LogP contribution in [-0.2, 0) is 19.0 Å². The zero-order chi connectivity index (χ0) is 12.5.